The van der Waals surface area contributed by atoms with Gasteiger partial charge in [-0.05, 0) is 77.6 Å². The Morgan fingerprint density at radius 1 is 1.23 bits per heavy atom. The van der Waals surface area contributed by atoms with Crippen molar-refractivity contribution in [2.75, 3.05) is 25.6 Å². The molecule has 2 rings (SSSR count). The number of carbonyl (C=O) groups is 2. The molecule has 0 saturated heterocycles. The van der Waals surface area contributed by atoms with Crippen LogP contribution in [0.15, 0.2) is 42.0 Å². The molecule has 0 aliphatic rings. The predicted octanol–water partition coefficient (Wildman–Crippen LogP) is 4.03. The number of nitrogens with one attached hydrogen (secondary N) is 1. The number of terminal acetylenes is 1. The quantitative estimate of drug-likeness (QED) is 0.182. The minimum atomic E-state index is -0.589. The summed E-state index contributed by atoms with van der Waals surface area (Å²) in [7, 11) is 1.29. The third kappa shape index (κ3) is 6.49. The minimum absolute atomic E-state index is 0.0892. The number of amides is 1. The van der Waals surface area contributed by atoms with Gasteiger partial charge in [0.25, 0.3) is 5.91 Å². The summed E-state index contributed by atoms with van der Waals surface area (Å²) in [6.45, 7) is 2.33. The predicted molar refractivity (Wildman–Crippen MR) is 125 cm³/mol. The number of benzene rings is 2. The Bertz CT molecular complexity index is 1080. The van der Waals surface area contributed by atoms with E-state index >= 15 is 0 Å². The van der Waals surface area contributed by atoms with Gasteiger partial charge in [0, 0.05) is 5.69 Å². The third-order valence-corrected chi connectivity index (χ3v) is 4.67. The smallest absolute Gasteiger partial charge is 0.337 e. The lowest BCUT2D eigenvalue weighted by atomic mass is 10.1. The number of nitrogens with zero attached hydrogens (tertiary/aromatic N) is 1. The molecule has 0 bridgehead atoms. The summed E-state index contributed by atoms with van der Waals surface area (Å²) in [5.41, 5.74) is 1.27. The monoisotopic (exact) mass is 530 g/mol. The molecule has 2 aromatic rings. The minimum Gasteiger partial charge on any atom is -0.490 e. The lowest BCUT2D eigenvalue weighted by Crippen LogP contribution is -2.13. The number of nitriles is 1. The van der Waals surface area contributed by atoms with Crippen molar-refractivity contribution < 1.29 is 23.8 Å². The van der Waals surface area contributed by atoms with Gasteiger partial charge in [0.05, 0.1) is 22.9 Å². The van der Waals surface area contributed by atoms with Gasteiger partial charge in [0.1, 0.15) is 18.2 Å². The number of ether oxygens (including phenoxy) is 3. The van der Waals surface area contributed by atoms with Gasteiger partial charge >= 0.3 is 5.97 Å². The summed E-state index contributed by atoms with van der Waals surface area (Å²) in [5.74, 6) is 2.31. The molecule has 0 atom stereocenters. The largest absolute Gasteiger partial charge is 0.490 e. The first-order chi connectivity index (χ1) is 14.9. The van der Waals surface area contributed by atoms with E-state index in [0.29, 0.717) is 34.9 Å². The van der Waals surface area contributed by atoms with Gasteiger partial charge in [-0.1, -0.05) is 5.92 Å². The van der Waals surface area contributed by atoms with E-state index in [1.807, 2.05) is 13.0 Å². The van der Waals surface area contributed by atoms with Crippen LogP contribution in [-0.4, -0.2) is 32.2 Å². The normalized spacial score (nSPS) is 10.4. The fraction of sp³-hybridized carbons (Fsp3) is 0.174. The zero-order chi connectivity index (χ0) is 22.8. The SMILES string of the molecule is C#CCOc1c(I)cc(/C=C(\C#N)C(=O)Nc2ccc(C(=O)OC)cc2)cc1OCC. The van der Waals surface area contributed by atoms with Crippen molar-refractivity contribution in [1.29, 1.82) is 5.26 Å². The lowest BCUT2D eigenvalue weighted by Gasteiger charge is -2.13. The summed E-state index contributed by atoms with van der Waals surface area (Å²) in [5, 5.41) is 12.1. The number of hydrogen-bond acceptors (Lipinski definition) is 6. The topological polar surface area (TPSA) is 97.7 Å². The third-order valence-electron chi connectivity index (χ3n) is 3.87. The van der Waals surface area contributed by atoms with Gasteiger partial charge in [0.15, 0.2) is 11.5 Å². The molecular formula is C23H19IN2O5. The van der Waals surface area contributed by atoms with Crippen molar-refractivity contribution in [2.24, 2.45) is 0 Å². The Morgan fingerprint density at radius 2 is 1.94 bits per heavy atom. The highest BCUT2D eigenvalue weighted by atomic mass is 127. The Labute approximate surface area is 194 Å². The fourth-order valence-corrected chi connectivity index (χ4v) is 3.29. The summed E-state index contributed by atoms with van der Waals surface area (Å²) < 4.78 is 16.5. The molecule has 1 N–H and O–H groups in total. The highest BCUT2D eigenvalue weighted by Crippen LogP contribution is 2.35. The molecule has 2 aromatic carbocycles. The van der Waals surface area contributed by atoms with E-state index in [9.17, 15) is 14.9 Å². The lowest BCUT2D eigenvalue weighted by molar-refractivity contribution is -0.112. The molecule has 0 heterocycles. The van der Waals surface area contributed by atoms with Gasteiger partial charge in [-0.25, -0.2) is 4.79 Å². The standard InChI is InChI=1S/C23H19IN2O5/c1-4-10-31-21-19(24)12-15(13-20(21)30-5-2)11-17(14-25)22(27)26-18-8-6-16(7-9-18)23(28)29-3/h1,6-9,11-13H,5,10H2,2-3H3,(H,26,27)/b17-11+. The van der Waals surface area contributed by atoms with Crippen LogP contribution in [0.2, 0.25) is 0 Å². The van der Waals surface area contributed by atoms with Crippen LogP contribution in [0.5, 0.6) is 11.5 Å². The Balaban J connectivity index is 2.27. The van der Waals surface area contributed by atoms with Crippen LogP contribution in [0.4, 0.5) is 5.69 Å². The average Bonchev–Trinajstić information content (AvgIpc) is 2.77. The molecule has 0 unspecified atom stereocenters. The highest BCUT2D eigenvalue weighted by Gasteiger charge is 2.14. The maximum atomic E-state index is 12.6. The number of esters is 1. The fourth-order valence-electron chi connectivity index (χ4n) is 2.51. The van der Waals surface area contributed by atoms with Gasteiger partial charge in [-0.3, -0.25) is 4.79 Å². The average molecular weight is 530 g/mol. The van der Waals surface area contributed by atoms with Crippen LogP contribution < -0.4 is 14.8 Å². The molecule has 1 amide bonds. The first-order valence-corrected chi connectivity index (χ1v) is 10.2. The second kappa shape index (κ2) is 11.6. The van der Waals surface area contributed by atoms with Crippen LogP contribution in [-0.2, 0) is 9.53 Å². The van der Waals surface area contributed by atoms with Gasteiger partial charge in [-0.2, -0.15) is 5.26 Å². The van der Waals surface area contributed by atoms with Crippen LogP contribution in [0, 0.1) is 27.2 Å². The summed E-state index contributed by atoms with van der Waals surface area (Å²) in [6.07, 6.45) is 6.71. The van der Waals surface area contributed by atoms with Crippen LogP contribution in [0.1, 0.15) is 22.8 Å². The Hall–Kier alpha value is -3.50. The van der Waals surface area contributed by atoms with E-state index in [4.69, 9.17) is 15.9 Å². The Morgan fingerprint density at radius 3 is 2.52 bits per heavy atom. The van der Waals surface area contributed by atoms with E-state index in [2.05, 4.69) is 38.6 Å². The zero-order valence-electron chi connectivity index (χ0n) is 16.9. The van der Waals surface area contributed by atoms with Crippen LogP contribution >= 0.6 is 22.6 Å². The molecular weight excluding hydrogens is 511 g/mol. The molecule has 0 aromatic heterocycles. The van der Waals surface area contributed by atoms with E-state index < -0.39 is 11.9 Å². The molecule has 0 fully saturated rings. The second-order valence-electron chi connectivity index (χ2n) is 5.95. The molecule has 0 spiro atoms. The van der Waals surface area contributed by atoms with Crippen molar-refractivity contribution in [2.45, 2.75) is 6.92 Å². The number of methoxy groups -OCH3 is 1. The molecule has 0 aliphatic heterocycles. The molecule has 0 radical (unpaired) electrons. The molecule has 7 nitrogen and oxygen atoms in total. The Kier molecular flexibility index (Phi) is 8.92. The zero-order valence-corrected chi connectivity index (χ0v) is 19.1. The molecule has 31 heavy (non-hydrogen) atoms. The summed E-state index contributed by atoms with van der Waals surface area (Å²) >= 11 is 2.07. The molecule has 8 heteroatoms. The van der Waals surface area contributed by atoms with Gasteiger partial charge in [-0.15, -0.1) is 6.42 Å². The van der Waals surface area contributed by atoms with Gasteiger partial charge in [0.2, 0.25) is 0 Å². The van der Waals surface area contributed by atoms with Gasteiger partial charge < -0.3 is 19.5 Å². The first-order valence-electron chi connectivity index (χ1n) is 9.07. The van der Waals surface area contributed by atoms with E-state index in [1.165, 1.54) is 25.3 Å². The van der Waals surface area contributed by atoms with Crippen molar-refractivity contribution in [3.63, 3.8) is 0 Å². The molecule has 0 aliphatic carbocycles. The number of rotatable bonds is 8. The summed E-state index contributed by atoms with van der Waals surface area (Å²) in [4.78, 5) is 24.1. The van der Waals surface area contributed by atoms with E-state index in [-0.39, 0.29) is 12.2 Å². The van der Waals surface area contributed by atoms with Crippen molar-refractivity contribution in [3.05, 3.63) is 56.7 Å². The number of hydrogen-bond donors (Lipinski definition) is 1. The number of anilines is 1. The van der Waals surface area contributed by atoms with Crippen molar-refractivity contribution >= 4 is 46.2 Å². The van der Waals surface area contributed by atoms with Crippen LogP contribution in [0.3, 0.4) is 0 Å². The summed E-state index contributed by atoms with van der Waals surface area (Å²) in [6, 6.07) is 11.5. The van der Waals surface area contributed by atoms with Crippen molar-refractivity contribution in [3.8, 4) is 29.9 Å². The second-order valence-corrected chi connectivity index (χ2v) is 7.11. The number of halogens is 1. The van der Waals surface area contributed by atoms with E-state index in [1.54, 1.807) is 24.3 Å². The molecule has 158 valence electrons. The maximum Gasteiger partial charge on any atom is 0.337 e. The maximum absolute atomic E-state index is 12.6. The first kappa shape index (κ1) is 23.8. The highest BCUT2D eigenvalue weighted by molar-refractivity contribution is 14.1. The number of carbonyl (C=O) groups excluding carboxylic acids is 2. The van der Waals surface area contributed by atoms with E-state index in [0.717, 1.165) is 3.57 Å². The van der Waals surface area contributed by atoms with Crippen LogP contribution in [0.25, 0.3) is 6.08 Å². The molecule has 0 saturated carbocycles. The van der Waals surface area contributed by atoms with Crippen molar-refractivity contribution in [1.82, 2.24) is 0 Å².